The van der Waals surface area contributed by atoms with E-state index in [1.54, 1.807) is 13.2 Å². The van der Waals surface area contributed by atoms with Gasteiger partial charge in [-0.3, -0.25) is 0 Å². The van der Waals surface area contributed by atoms with Crippen molar-refractivity contribution in [3.8, 4) is 0 Å². The number of methoxy groups -OCH3 is 1. The minimum atomic E-state index is -0.202. The molecule has 0 radical (unpaired) electrons. The molecule has 102 valence electrons. The van der Waals surface area contributed by atoms with Crippen molar-refractivity contribution in [1.29, 1.82) is 0 Å². The first kappa shape index (κ1) is 15.1. The van der Waals surface area contributed by atoms with Gasteiger partial charge in [0, 0.05) is 7.11 Å². The number of nitrogens with one attached hydrogen (secondary N) is 1. The quantitative estimate of drug-likeness (QED) is 0.724. The second kappa shape index (κ2) is 8.19. The highest BCUT2D eigenvalue weighted by Crippen LogP contribution is 2.19. The molecule has 1 unspecified atom stereocenters. The van der Waals surface area contributed by atoms with Crippen LogP contribution in [0.15, 0.2) is 18.2 Å². The van der Waals surface area contributed by atoms with E-state index in [9.17, 15) is 4.39 Å². The third-order valence-corrected chi connectivity index (χ3v) is 2.77. The van der Waals surface area contributed by atoms with Gasteiger partial charge in [-0.15, -0.1) is 0 Å². The predicted molar refractivity (Wildman–Crippen MR) is 70.2 cm³/mol. The molecule has 0 heterocycles. The van der Waals surface area contributed by atoms with E-state index in [4.69, 9.17) is 9.47 Å². The Bertz CT molecular complexity index is 358. The molecule has 1 aromatic carbocycles. The fraction of sp³-hybridized carbons (Fsp3) is 0.571. The summed E-state index contributed by atoms with van der Waals surface area (Å²) >= 11 is 0. The zero-order valence-corrected chi connectivity index (χ0v) is 11.3. The maximum atomic E-state index is 13.1. The highest BCUT2D eigenvalue weighted by atomic mass is 19.1. The van der Waals surface area contributed by atoms with Crippen molar-refractivity contribution in [3.05, 3.63) is 35.1 Å². The average Bonchev–Trinajstić information content (AvgIpc) is 2.34. The number of benzene rings is 1. The van der Waals surface area contributed by atoms with Crippen LogP contribution < -0.4 is 5.32 Å². The highest BCUT2D eigenvalue weighted by molar-refractivity contribution is 5.29. The second-order valence-electron chi connectivity index (χ2n) is 4.18. The van der Waals surface area contributed by atoms with Crippen LogP contribution in [0.5, 0.6) is 0 Å². The van der Waals surface area contributed by atoms with Crippen molar-refractivity contribution in [2.45, 2.75) is 19.9 Å². The summed E-state index contributed by atoms with van der Waals surface area (Å²) in [4.78, 5) is 0. The second-order valence-corrected chi connectivity index (χ2v) is 4.18. The molecule has 1 rings (SSSR count). The zero-order chi connectivity index (χ0) is 13.4. The van der Waals surface area contributed by atoms with Crippen LogP contribution in [-0.4, -0.2) is 33.5 Å². The Morgan fingerprint density at radius 2 is 2.11 bits per heavy atom. The number of rotatable bonds is 8. The number of likely N-dealkylation sites (N-methyl/N-ethyl adjacent to an activating group) is 1. The van der Waals surface area contributed by atoms with Crippen molar-refractivity contribution in [1.82, 2.24) is 5.32 Å². The van der Waals surface area contributed by atoms with Crippen LogP contribution in [0.1, 0.15) is 24.1 Å². The van der Waals surface area contributed by atoms with E-state index in [1.165, 1.54) is 6.07 Å². The molecule has 0 aliphatic rings. The summed E-state index contributed by atoms with van der Waals surface area (Å²) in [6.07, 6.45) is 0. The molecule has 0 saturated heterocycles. The first-order chi connectivity index (χ1) is 8.69. The molecule has 18 heavy (non-hydrogen) atoms. The van der Waals surface area contributed by atoms with Gasteiger partial charge >= 0.3 is 0 Å². The Hall–Kier alpha value is -0.970. The smallest absolute Gasteiger partial charge is 0.123 e. The third kappa shape index (κ3) is 4.72. The molecule has 1 aromatic rings. The molecular formula is C14H22FNO2. The predicted octanol–water partition coefficient (Wildman–Crippen LogP) is 2.45. The van der Waals surface area contributed by atoms with Crippen LogP contribution >= 0.6 is 0 Å². The summed E-state index contributed by atoms with van der Waals surface area (Å²) in [6, 6.07) is 4.95. The first-order valence-corrected chi connectivity index (χ1v) is 6.25. The molecular weight excluding hydrogens is 233 g/mol. The summed E-state index contributed by atoms with van der Waals surface area (Å²) in [5, 5.41) is 3.35. The van der Waals surface area contributed by atoms with Crippen molar-refractivity contribution >= 4 is 0 Å². The van der Waals surface area contributed by atoms with Gasteiger partial charge in [0.15, 0.2) is 0 Å². The maximum absolute atomic E-state index is 13.1. The van der Waals surface area contributed by atoms with Crippen molar-refractivity contribution < 1.29 is 13.9 Å². The van der Waals surface area contributed by atoms with Gasteiger partial charge in [0.1, 0.15) is 5.82 Å². The Morgan fingerprint density at radius 1 is 1.33 bits per heavy atom. The van der Waals surface area contributed by atoms with E-state index in [2.05, 4.69) is 5.32 Å². The summed E-state index contributed by atoms with van der Waals surface area (Å²) in [5.41, 5.74) is 2.02. The molecule has 0 spiro atoms. The Balaban J connectivity index is 2.64. The lowest BCUT2D eigenvalue weighted by Gasteiger charge is -2.20. The van der Waals surface area contributed by atoms with Crippen LogP contribution in [0, 0.1) is 12.7 Å². The molecule has 0 bridgehead atoms. The molecule has 0 amide bonds. The van der Waals surface area contributed by atoms with Gasteiger partial charge in [-0.1, -0.05) is 13.0 Å². The molecule has 0 aliphatic carbocycles. The van der Waals surface area contributed by atoms with Gasteiger partial charge in [-0.2, -0.15) is 0 Å². The van der Waals surface area contributed by atoms with Crippen molar-refractivity contribution in [2.75, 3.05) is 33.5 Å². The van der Waals surface area contributed by atoms with Gasteiger partial charge in [-0.25, -0.2) is 4.39 Å². The lowest BCUT2D eigenvalue weighted by atomic mass is 10.0. The van der Waals surface area contributed by atoms with Gasteiger partial charge in [0.05, 0.1) is 25.9 Å². The number of hydrogen-bond acceptors (Lipinski definition) is 3. The van der Waals surface area contributed by atoms with E-state index in [-0.39, 0.29) is 11.9 Å². The van der Waals surface area contributed by atoms with Gasteiger partial charge in [0.25, 0.3) is 0 Å². The molecule has 4 heteroatoms. The fourth-order valence-corrected chi connectivity index (χ4v) is 1.88. The summed E-state index contributed by atoms with van der Waals surface area (Å²) in [6.45, 7) is 6.51. The first-order valence-electron chi connectivity index (χ1n) is 6.25. The molecule has 3 nitrogen and oxygen atoms in total. The largest absolute Gasteiger partial charge is 0.382 e. The highest BCUT2D eigenvalue weighted by Gasteiger charge is 2.13. The molecule has 0 saturated carbocycles. The normalized spacial score (nSPS) is 12.7. The number of halogens is 1. The minimum absolute atomic E-state index is 0.0902. The molecule has 0 aromatic heterocycles. The van der Waals surface area contributed by atoms with Crippen LogP contribution in [0.25, 0.3) is 0 Å². The number of aryl methyl sites for hydroxylation is 1. The molecule has 0 aliphatic heterocycles. The molecule has 1 atom stereocenters. The lowest BCUT2D eigenvalue weighted by molar-refractivity contribution is 0.0587. The van der Waals surface area contributed by atoms with Crippen molar-refractivity contribution in [3.63, 3.8) is 0 Å². The van der Waals surface area contributed by atoms with Gasteiger partial charge in [-0.05, 0) is 36.7 Å². The SMILES string of the molecule is CCNC(COCCOC)c1ccc(F)cc1C. The van der Waals surface area contributed by atoms with E-state index in [1.807, 2.05) is 19.9 Å². The number of hydrogen-bond donors (Lipinski definition) is 1. The lowest BCUT2D eigenvalue weighted by Crippen LogP contribution is -2.26. The number of ether oxygens (including phenoxy) is 2. The Labute approximate surface area is 108 Å². The Morgan fingerprint density at radius 3 is 2.72 bits per heavy atom. The van der Waals surface area contributed by atoms with Crippen LogP contribution in [-0.2, 0) is 9.47 Å². The van der Waals surface area contributed by atoms with Crippen molar-refractivity contribution in [2.24, 2.45) is 0 Å². The van der Waals surface area contributed by atoms with Crippen LogP contribution in [0.3, 0.4) is 0 Å². The van der Waals surface area contributed by atoms with Crippen LogP contribution in [0.4, 0.5) is 4.39 Å². The van der Waals surface area contributed by atoms with Gasteiger partial charge < -0.3 is 14.8 Å². The minimum Gasteiger partial charge on any atom is -0.382 e. The summed E-state index contributed by atoms with van der Waals surface area (Å²) in [7, 11) is 1.65. The molecule has 1 N–H and O–H groups in total. The third-order valence-electron chi connectivity index (χ3n) is 2.77. The average molecular weight is 255 g/mol. The van der Waals surface area contributed by atoms with E-state index >= 15 is 0 Å². The van der Waals surface area contributed by atoms with E-state index < -0.39 is 0 Å². The monoisotopic (exact) mass is 255 g/mol. The molecule has 0 fully saturated rings. The summed E-state index contributed by atoms with van der Waals surface area (Å²) < 4.78 is 23.6. The van der Waals surface area contributed by atoms with Crippen LogP contribution in [0.2, 0.25) is 0 Å². The van der Waals surface area contributed by atoms with E-state index in [0.717, 1.165) is 17.7 Å². The topological polar surface area (TPSA) is 30.5 Å². The zero-order valence-electron chi connectivity index (χ0n) is 11.3. The Kier molecular flexibility index (Phi) is 6.86. The van der Waals surface area contributed by atoms with E-state index in [0.29, 0.717) is 19.8 Å². The fourth-order valence-electron chi connectivity index (χ4n) is 1.88. The summed E-state index contributed by atoms with van der Waals surface area (Å²) in [5.74, 6) is -0.202. The van der Waals surface area contributed by atoms with Gasteiger partial charge in [0.2, 0.25) is 0 Å². The maximum Gasteiger partial charge on any atom is 0.123 e. The standard InChI is InChI=1S/C14H22FNO2/c1-4-16-14(10-18-8-7-17-3)13-6-5-12(15)9-11(13)2/h5-6,9,14,16H,4,7-8,10H2,1-3H3.